The van der Waals surface area contributed by atoms with Crippen molar-refractivity contribution in [3.63, 3.8) is 0 Å². The van der Waals surface area contributed by atoms with E-state index in [1.807, 2.05) is 0 Å². The first-order chi connectivity index (χ1) is 32.0. The maximum atomic E-state index is 12.5. The summed E-state index contributed by atoms with van der Waals surface area (Å²) in [4.78, 5) is 24.6. The average Bonchev–Trinajstić information content (AvgIpc) is 3.31. The molecule has 0 aliphatic heterocycles. The van der Waals surface area contributed by atoms with Gasteiger partial charge in [-0.15, -0.1) is 0 Å². The number of carbonyl (C=O) groups excluding carboxylic acids is 2. The Labute approximate surface area is 404 Å². The summed E-state index contributed by atoms with van der Waals surface area (Å²) in [5.74, 6) is -0.109. The lowest BCUT2D eigenvalue weighted by molar-refractivity contribution is -0.143. The topological polar surface area (TPSA) is 95.9 Å². The van der Waals surface area contributed by atoms with Gasteiger partial charge in [-0.3, -0.25) is 9.59 Å². The van der Waals surface area contributed by atoms with Crippen LogP contribution in [-0.4, -0.2) is 47.4 Å². The Hall–Kier alpha value is -1.92. The standard InChI is InChI=1S/C59H111NO5/c1-3-5-7-9-11-13-15-17-19-21-23-25-27-29-31-35-39-43-47-51-57(62)56(55-61)60-58(63)52-48-44-40-36-33-34-38-42-46-50-54-65-59(64)53-49-45-41-37-32-30-28-26-24-22-20-18-16-14-12-10-8-6-4-2/h12,14,18,20,34,38,56-57,61-62H,3-11,13,15-17,19,21-33,35-37,39-55H2,1-2H3,(H,60,63)/b14-12-,20-18-,38-34-. The summed E-state index contributed by atoms with van der Waals surface area (Å²) < 4.78 is 5.45. The number of amides is 1. The third-order valence-electron chi connectivity index (χ3n) is 13.2. The zero-order chi connectivity index (χ0) is 47.2. The van der Waals surface area contributed by atoms with Crippen molar-refractivity contribution in [2.75, 3.05) is 13.2 Å². The third kappa shape index (κ3) is 51.3. The van der Waals surface area contributed by atoms with Gasteiger partial charge in [-0.05, 0) is 83.5 Å². The minimum absolute atomic E-state index is 0.0398. The van der Waals surface area contributed by atoms with Crippen LogP contribution < -0.4 is 5.32 Å². The zero-order valence-corrected chi connectivity index (χ0v) is 43.5. The highest BCUT2D eigenvalue weighted by Crippen LogP contribution is 2.17. The quantitative estimate of drug-likeness (QED) is 0.0321. The van der Waals surface area contributed by atoms with Crippen molar-refractivity contribution in [3.8, 4) is 0 Å². The molecular formula is C59H111NO5. The van der Waals surface area contributed by atoms with Gasteiger partial charge >= 0.3 is 5.97 Å². The van der Waals surface area contributed by atoms with Gasteiger partial charge in [0.15, 0.2) is 0 Å². The minimum Gasteiger partial charge on any atom is -0.466 e. The summed E-state index contributed by atoms with van der Waals surface area (Å²) in [6, 6.07) is -0.568. The molecule has 0 aromatic carbocycles. The molecule has 3 N–H and O–H groups in total. The van der Waals surface area contributed by atoms with Crippen LogP contribution >= 0.6 is 0 Å². The van der Waals surface area contributed by atoms with Crippen LogP contribution in [0, 0.1) is 0 Å². The second kappa shape index (κ2) is 54.7. The summed E-state index contributed by atoms with van der Waals surface area (Å²) in [6.45, 7) is 4.85. The number of carbonyl (C=O) groups is 2. The molecule has 0 bridgehead atoms. The Morgan fingerprint density at radius 3 is 1.22 bits per heavy atom. The van der Waals surface area contributed by atoms with E-state index in [9.17, 15) is 19.8 Å². The van der Waals surface area contributed by atoms with Crippen molar-refractivity contribution in [1.29, 1.82) is 0 Å². The number of rotatable bonds is 53. The third-order valence-corrected chi connectivity index (χ3v) is 13.2. The molecule has 2 atom stereocenters. The van der Waals surface area contributed by atoms with E-state index in [2.05, 4.69) is 55.6 Å². The fourth-order valence-corrected chi connectivity index (χ4v) is 8.72. The van der Waals surface area contributed by atoms with Gasteiger partial charge in [0.25, 0.3) is 0 Å². The van der Waals surface area contributed by atoms with Crippen LogP contribution in [0.25, 0.3) is 0 Å². The number of hydrogen-bond donors (Lipinski definition) is 3. The van der Waals surface area contributed by atoms with Crippen molar-refractivity contribution in [1.82, 2.24) is 5.32 Å². The number of nitrogens with one attached hydrogen (secondary N) is 1. The molecule has 0 fully saturated rings. The van der Waals surface area contributed by atoms with Gasteiger partial charge in [0.2, 0.25) is 5.91 Å². The molecule has 0 aromatic rings. The van der Waals surface area contributed by atoms with Crippen molar-refractivity contribution in [3.05, 3.63) is 36.5 Å². The van der Waals surface area contributed by atoms with Gasteiger partial charge in [0.1, 0.15) is 0 Å². The maximum Gasteiger partial charge on any atom is 0.305 e. The van der Waals surface area contributed by atoms with Gasteiger partial charge in [-0.2, -0.15) is 0 Å². The Morgan fingerprint density at radius 2 is 0.769 bits per heavy atom. The van der Waals surface area contributed by atoms with Crippen LogP contribution in [0.5, 0.6) is 0 Å². The van der Waals surface area contributed by atoms with Gasteiger partial charge in [-0.1, -0.05) is 243 Å². The lowest BCUT2D eigenvalue weighted by Gasteiger charge is -2.22. The van der Waals surface area contributed by atoms with E-state index in [4.69, 9.17) is 4.74 Å². The number of ether oxygens (including phenoxy) is 1. The molecule has 6 heteroatoms. The summed E-state index contributed by atoms with van der Waals surface area (Å²) >= 11 is 0. The molecule has 0 spiro atoms. The van der Waals surface area contributed by atoms with E-state index >= 15 is 0 Å². The highest BCUT2D eigenvalue weighted by molar-refractivity contribution is 5.76. The van der Waals surface area contributed by atoms with E-state index in [0.717, 1.165) is 83.5 Å². The van der Waals surface area contributed by atoms with Crippen LogP contribution in [-0.2, 0) is 14.3 Å². The van der Waals surface area contributed by atoms with Crippen LogP contribution in [0.15, 0.2) is 36.5 Å². The molecule has 0 aliphatic carbocycles. The second-order valence-corrected chi connectivity index (χ2v) is 19.6. The Kier molecular flexibility index (Phi) is 53.1. The normalized spacial score (nSPS) is 12.9. The van der Waals surface area contributed by atoms with Crippen molar-refractivity contribution < 1.29 is 24.5 Å². The molecule has 0 aromatic heterocycles. The maximum absolute atomic E-state index is 12.5. The summed E-state index contributed by atoms with van der Waals surface area (Å²) in [7, 11) is 0. The molecule has 6 nitrogen and oxygen atoms in total. The fraction of sp³-hybridized carbons (Fsp3) is 0.864. The number of unbranched alkanes of at least 4 members (excludes halogenated alkanes) is 36. The van der Waals surface area contributed by atoms with Crippen LogP contribution in [0.4, 0.5) is 0 Å². The van der Waals surface area contributed by atoms with Gasteiger partial charge < -0.3 is 20.3 Å². The molecule has 65 heavy (non-hydrogen) atoms. The van der Waals surface area contributed by atoms with Crippen molar-refractivity contribution >= 4 is 11.9 Å². The number of esters is 1. The monoisotopic (exact) mass is 914 g/mol. The van der Waals surface area contributed by atoms with Crippen LogP contribution in [0.2, 0.25) is 0 Å². The van der Waals surface area contributed by atoms with Gasteiger partial charge in [0.05, 0.1) is 25.4 Å². The highest BCUT2D eigenvalue weighted by Gasteiger charge is 2.20. The predicted molar refractivity (Wildman–Crippen MR) is 283 cm³/mol. The molecule has 0 saturated heterocycles. The van der Waals surface area contributed by atoms with Crippen molar-refractivity contribution in [2.24, 2.45) is 0 Å². The SMILES string of the molecule is CCCCC/C=C\C/C=C\CCCCCCCCCCCC(=O)OCCCC/C=C\CCCCCCC(=O)NC(CO)C(O)CCCCCCCCCCCCCCCCCCCCC. The summed E-state index contributed by atoms with van der Waals surface area (Å²) in [6.07, 6.45) is 67.0. The molecule has 0 heterocycles. The Bertz CT molecular complexity index is 1060. The predicted octanol–water partition coefficient (Wildman–Crippen LogP) is 17.6. The summed E-state index contributed by atoms with van der Waals surface area (Å²) in [5, 5.41) is 23.3. The first kappa shape index (κ1) is 63.1. The largest absolute Gasteiger partial charge is 0.466 e. The van der Waals surface area contributed by atoms with Crippen LogP contribution in [0.1, 0.15) is 303 Å². The number of aliphatic hydroxyl groups is 2. The second-order valence-electron chi connectivity index (χ2n) is 19.6. The van der Waals surface area contributed by atoms with E-state index in [1.165, 1.54) is 186 Å². The molecule has 2 unspecified atom stereocenters. The molecule has 1 amide bonds. The van der Waals surface area contributed by atoms with Gasteiger partial charge in [0, 0.05) is 12.8 Å². The average molecular weight is 915 g/mol. The molecule has 0 saturated carbocycles. The number of allylic oxidation sites excluding steroid dienone is 6. The first-order valence-corrected chi connectivity index (χ1v) is 28.7. The van der Waals surface area contributed by atoms with Crippen molar-refractivity contribution in [2.45, 2.75) is 315 Å². The molecule has 382 valence electrons. The summed E-state index contributed by atoms with van der Waals surface area (Å²) in [5.41, 5.74) is 0. The lowest BCUT2D eigenvalue weighted by Crippen LogP contribution is -2.45. The zero-order valence-electron chi connectivity index (χ0n) is 43.5. The van der Waals surface area contributed by atoms with E-state index in [-0.39, 0.29) is 18.5 Å². The Morgan fingerprint density at radius 1 is 0.431 bits per heavy atom. The fourth-order valence-electron chi connectivity index (χ4n) is 8.72. The smallest absolute Gasteiger partial charge is 0.305 e. The van der Waals surface area contributed by atoms with E-state index < -0.39 is 12.1 Å². The number of hydrogen-bond acceptors (Lipinski definition) is 5. The highest BCUT2D eigenvalue weighted by atomic mass is 16.5. The Balaban J connectivity index is 3.51. The minimum atomic E-state index is -0.687. The number of aliphatic hydroxyl groups excluding tert-OH is 2. The molecular weight excluding hydrogens is 803 g/mol. The molecule has 0 rings (SSSR count). The van der Waals surface area contributed by atoms with Gasteiger partial charge in [-0.25, -0.2) is 0 Å². The van der Waals surface area contributed by atoms with E-state index in [1.54, 1.807) is 0 Å². The lowest BCUT2D eigenvalue weighted by atomic mass is 10.0. The van der Waals surface area contributed by atoms with E-state index in [0.29, 0.717) is 25.9 Å². The molecule has 0 radical (unpaired) electrons. The van der Waals surface area contributed by atoms with Crippen LogP contribution in [0.3, 0.4) is 0 Å². The first-order valence-electron chi connectivity index (χ1n) is 28.7. The molecule has 0 aliphatic rings.